The van der Waals surface area contributed by atoms with Crippen LogP contribution in [0.4, 0.5) is 5.82 Å². The number of anilines is 1. The Morgan fingerprint density at radius 1 is 0.811 bits per heavy atom. The Balaban J connectivity index is 1.80. The minimum atomic E-state index is -1.77. The molecule has 0 saturated carbocycles. The van der Waals surface area contributed by atoms with Crippen molar-refractivity contribution in [1.82, 2.24) is 9.97 Å². The van der Waals surface area contributed by atoms with Crippen LogP contribution in [0.2, 0.25) is 5.02 Å². The molecule has 0 radical (unpaired) electrons. The predicted octanol–water partition coefficient (Wildman–Crippen LogP) is 6.11. The fourth-order valence-electron chi connectivity index (χ4n) is 5.74. The van der Waals surface area contributed by atoms with E-state index in [1.807, 2.05) is 54.6 Å². The molecule has 6 nitrogen and oxygen atoms in total. The van der Waals surface area contributed by atoms with E-state index in [2.05, 4.69) is 23.2 Å². The van der Waals surface area contributed by atoms with Crippen molar-refractivity contribution in [3.8, 4) is 51.8 Å². The van der Waals surface area contributed by atoms with Crippen LogP contribution in [0, 0.1) is 34.0 Å². The first-order valence-electron chi connectivity index (χ1n) is 12.0. The molecule has 2 heterocycles. The van der Waals surface area contributed by atoms with Crippen LogP contribution in [0.5, 0.6) is 0 Å². The van der Waals surface area contributed by atoms with Gasteiger partial charge in [0.15, 0.2) is 0 Å². The second-order valence-electron chi connectivity index (χ2n) is 9.25. The normalized spacial score (nSPS) is 14.4. The molecule has 0 spiro atoms. The summed E-state index contributed by atoms with van der Waals surface area (Å²) >= 11 is 6.61. The standard InChI is InChI=1S/C30H19ClN6/c31-22-13-7-6-12-20(22)26-19-11-5-4-10-18(19)24-27-25(30(15-33,16-34)28(24)36-26)23(17-8-2-1-3-9-17)21(14-32)29(35)37-27/h1-3,6-9,12-13H,4-5,10-11H2,(H2,35,37). The summed E-state index contributed by atoms with van der Waals surface area (Å²) in [6, 6.07) is 23.4. The summed E-state index contributed by atoms with van der Waals surface area (Å²) in [5.41, 5.74) is 11.3. The van der Waals surface area contributed by atoms with Crippen molar-refractivity contribution >= 4 is 17.4 Å². The highest BCUT2D eigenvalue weighted by molar-refractivity contribution is 6.33. The van der Waals surface area contributed by atoms with E-state index in [4.69, 9.17) is 22.3 Å². The number of rotatable bonds is 2. The van der Waals surface area contributed by atoms with Gasteiger partial charge >= 0.3 is 0 Å². The Labute approximate surface area is 219 Å². The average Bonchev–Trinajstić information content (AvgIpc) is 3.22. The summed E-state index contributed by atoms with van der Waals surface area (Å²) < 4.78 is 0. The Hall–Kier alpha value is -4.70. The summed E-state index contributed by atoms with van der Waals surface area (Å²) in [6.45, 7) is 0. The number of nitriles is 3. The highest BCUT2D eigenvalue weighted by Gasteiger charge is 2.51. The number of benzene rings is 2. The van der Waals surface area contributed by atoms with Gasteiger partial charge < -0.3 is 5.73 Å². The molecule has 0 saturated heterocycles. The van der Waals surface area contributed by atoms with Crippen LogP contribution in [0.3, 0.4) is 0 Å². The van der Waals surface area contributed by atoms with Gasteiger partial charge in [0.1, 0.15) is 17.5 Å². The molecule has 2 aromatic carbocycles. The van der Waals surface area contributed by atoms with Gasteiger partial charge in [-0.25, -0.2) is 9.97 Å². The van der Waals surface area contributed by atoms with Crippen LogP contribution in [-0.4, -0.2) is 9.97 Å². The fraction of sp³-hybridized carbons (Fsp3) is 0.167. The molecule has 7 heteroatoms. The van der Waals surface area contributed by atoms with Crippen molar-refractivity contribution in [3.63, 3.8) is 0 Å². The van der Waals surface area contributed by atoms with Crippen molar-refractivity contribution in [2.75, 3.05) is 5.73 Å². The van der Waals surface area contributed by atoms with E-state index >= 15 is 0 Å². The second kappa shape index (κ2) is 8.45. The van der Waals surface area contributed by atoms with Crippen molar-refractivity contribution < 1.29 is 0 Å². The minimum absolute atomic E-state index is 0.0671. The third kappa shape index (κ3) is 3.09. The number of fused-ring (bicyclic) bond motifs is 5. The van der Waals surface area contributed by atoms with Gasteiger partial charge in [-0.3, -0.25) is 0 Å². The topological polar surface area (TPSA) is 123 Å². The van der Waals surface area contributed by atoms with Crippen LogP contribution in [-0.2, 0) is 18.3 Å². The van der Waals surface area contributed by atoms with Crippen LogP contribution < -0.4 is 5.73 Å². The van der Waals surface area contributed by atoms with Crippen LogP contribution in [0.15, 0.2) is 54.6 Å². The van der Waals surface area contributed by atoms with Gasteiger partial charge in [0, 0.05) is 27.3 Å². The quantitative estimate of drug-likeness (QED) is 0.355. The molecule has 37 heavy (non-hydrogen) atoms. The largest absolute Gasteiger partial charge is 0.383 e. The zero-order chi connectivity index (χ0) is 25.7. The molecule has 0 fully saturated rings. The maximum atomic E-state index is 10.7. The van der Waals surface area contributed by atoms with E-state index in [0.717, 1.165) is 42.4 Å². The highest BCUT2D eigenvalue weighted by atomic mass is 35.5. The number of aromatic nitrogens is 2. The highest BCUT2D eigenvalue weighted by Crippen LogP contribution is 2.55. The van der Waals surface area contributed by atoms with Crippen molar-refractivity contribution in [2.45, 2.75) is 31.1 Å². The predicted molar refractivity (Wildman–Crippen MR) is 141 cm³/mol. The molecular formula is C30H19ClN6. The van der Waals surface area contributed by atoms with Crippen molar-refractivity contribution in [1.29, 1.82) is 15.8 Å². The molecule has 4 aromatic rings. The molecular weight excluding hydrogens is 480 g/mol. The number of pyridine rings is 2. The lowest BCUT2D eigenvalue weighted by Gasteiger charge is -2.24. The number of halogens is 1. The summed E-state index contributed by atoms with van der Waals surface area (Å²) in [5.74, 6) is 0.0671. The van der Waals surface area contributed by atoms with Gasteiger partial charge in [0.2, 0.25) is 5.41 Å². The molecule has 2 aliphatic carbocycles. The number of nitrogen functional groups attached to an aromatic ring is 1. The van der Waals surface area contributed by atoms with E-state index in [-0.39, 0.29) is 11.4 Å². The number of hydrogen-bond donors (Lipinski definition) is 1. The van der Waals surface area contributed by atoms with Gasteiger partial charge in [-0.2, -0.15) is 15.8 Å². The molecule has 6 rings (SSSR count). The Bertz CT molecular complexity index is 1720. The number of nitrogens with zero attached hydrogens (tertiary/aromatic N) is 5. The van der Waals surface area contributed by atoms with Crippen LogP contribution in [0.1, 0.15) is 40.8 Å². The van der Waals surface area contributed by atoms with Crippen LogP contribution in [0.25, 0.3) is 33.6 Å². The molecule has 2 aromatic heterocycles. The lowest BCUT2D eigenvalue weighted by molar-refractivity contribution is 0.681. The number of nitrogens with two attached hydrogens (primary N) is 1. The number of hydrogen-bond acceptors (Lipinski definition) is 6. The molecule has 2 aliphatic rings. The summed E-state index contributed by atoms with van der Waals surface area (Å²) in [6.07, 6.45) is 3.52. The van der Waals surface area contributed by atoms with Crippen LogP contribution >= 0.6 is 11.6 Å². The van der Waals surface area contributed by atoms with Crippen molar-refractivity contribution in [3.05, 3.63) is 87.6 Å². The monoisotopic (exact) mass is 498 g/mol. The summed E-state index contributed by atoms with van der Waals surface area (Å²) in [4.78, 5) is 9.69. The zero-order valence-corrected chi connectivity index (χ0v) is 20.5. The smallest absolute Gasteiger partial charge is 0.213 e. The Kier molecular flexibility index (Phi) is 5.20. The van der Waals surface area contributed by atoms with E-state index in [9.17, 15) is 15.8 Å². The SMILES string of the molecule is N#Cc1c(N)nc2c(c1-c1ccccc1)C(C#N)(C#N)c1nc(-c3ccccc3Cl)c3c(c1-2)CCCC3. The maximum absolute atomic E-state index is 10.7. The first kappa shape index (κ1) is 22.7. The van der Waals surface area contributed by atoms with Gasteiger partial charge in [0.25, 0.3) is 0 Å². The first-order chi connectivity index (χ1) is 18.1. The maximum Gasteiger partial charge on any atom is 0.213 e. The summed E-state index contributed by atoms with van der Waals surface area (Å²) in [7, 11) is 0. The third-order valence-electron chi connectivity index (χ3n) is 7.35. The Morgan fingerprint density at radius 3 is 2.16 bits per heavy atom. The van der Waals surface area contributed by atoms with Gasteiger partial charge in [-0.1, -0.05) is 60.1 Å². The van der Waals surface area contributed by atoms with E-state index in [0.29, 0.717) is 44.4 Å². The second-order valence-corrected chi connectivity index (χ2v) is 9.66. The first-order valence-corrected chi connectivity index (χ1v) is 12.4. The fourth-order valence-corrected chi connectivity index (χ4v) is 5.97. The lowest BCUT2D eigenvalue weighted by Crippen LogP contribution is -2.24. The van der Waals surface area contributed by atoms with Gasteiger partial charge in [-0.15, -0.1) is 0 Å². The third-order valence-corrected chi connectivity index (χ3v) is 7.68. The Morgan fingerprint density at radius 2 is 1.49 bits per heavy atom. The molecule has 0 atom stereocenters. The molecule has 0 unspecified atom stereocenters. The molecule has 0 aliphatic heterocycles. The van der Waals surface area contributed by atoms with E-state index in [1.165, 1.54) is 0 Å². The van der Waals surface area contributed by atoms with E-state index in [1.54, 1.807) is 0 Å². The van der Waals surface area contributed by atoms with Gasteiger partial charge in [-0.05, 0) is 48.4 Å². The molecule has 0 amide bonds. The summed E-state index contributed by atoms with van der Waals surface area (Å²) in [5, 5.41) is 31.9. The zero-order valence-electron chi connectivity index (χ0n) is 19.7. The van der Waals surface area contributed by atoms with E-state index < -0.39 is 5.41 Å². The van der Waals surface area contributed by atoms with Gasteiger partial charge in [0.05, 0.1) is 29.2 Å². The molecule has 176 valence electrons. The van der Waals surface area contributed by atoms with Crippen molar-refractivity contribution in [2.24, 2.45) is 0 Å². The molecule has 0 bridgehead atoms. The minimum Gasteiger partial charge on any atom is -0.383 e. The lowest BCUT2D eigenvalue weighted by atomic mass is 9.78. The average molecular weight is 499 g/mol. The molecule has 2 N–H and O–H groups in total.